The number of rotatable bonds is 4. The standard InChI is InChI=1S/C18H29N3/c1-3-7-16-12-21(13-17-9-6-8-15(2)20-17)18(14-19-16)10-4-5-11-18/h6,8-9,16,19H,3-5,7,10-14H2,1-2H3. The fourth-order valence-electron chi connectivity index (χ4n) is 4.15. The normalized spacial score (nSPS) is 25.5. The van der Waals surface area contributed by atoms with E-state index in [1.165, 1.54) is 57.3 Å². The predicted molar refractivity (Wildman–Crippen MR) is 87.3 cm³/mol. The Morgan fingerprint density at radius 1 is 1.33 bits per heavy atom. The van der Waals surface area contributed by atoms with Gasteiger partial charge in [-0.05, 0) is 38.3 Å². The summed E-state index contributed by atoms with van der Waals surface area (Å²) in [6.45, 7) is 7.75. The Balaban J connectivity index is 1.76. The minimum atomic E-state index is 0.398. The van der Waals surface area contributed by atoms with Crippen molar-refractivity contribution < 1.29 is 0 Å². The number of hydrogen-bond donors (Lipinski definition) is 1. The van der Waals surface area contributed by atoms with Crippen molar-refractivity contribution in [1.29, 1.82) is 0 Å². The van der Waals surface area contributed by atoms with Crippen molar-refractivity contribution in [3.05, 3.63) is 29.6 Å². The van der Waals surface area contributed by atoms with E-state index in [0.29, 0.717) is 11.6 Å². The Morgan fingerprint density at radius 3 is 2.86 bits per heavy atom. The first-order valence-electron chi connectivity index (χ1n) is 8.63. The summed E-state index contributed by atoms with van der Waals surface area (Å²) in [5.74, 6) is 0. The largest absolute Gasteiger partial charge is 0.311 e. The van der Waals surface area contributed by atoms with Crippen LogP contribution in [-0.2, 0) is 6.54 Å². The van der Waals surface area contributed by atoms with Crippen LogP contribution < -0.4 is 5.32 Å². The van der Waals surface area contributed by atoms with E-state index in [4.69, 9.17) is 4.98 Å². The van der Waals surface area contributed by atoms with Crippen LogP contribution in [0.4, 0.5) is 0 Å². The van der Waals surface area contributed by atoms with Crippen molar-refractivity contribution in [3.8, 4) is 0 Å². The first-order chi connectivity index (χ1) is 10.2. The molecule has 3 nitrogen and oxygen atoms in total. The monoisotopic (exact) mass is 287 g/mol. The van der Waals surface area contributed by atoms with Crippen molar-refractivity contribution >= 4 is 0 Å². The van der Waals surface area contributed by atoms with Crippen molar-refractivity contribution in [2.45, 2.75) is 70.5 Å². The van der Waals surface area contributed by atoms with Crippen molar-refractivity contribution in [1.82, 2.24) is 15.2 Å². The molecule has 1 unspecified atom stereocenters. The van der Waals surface area contributed by atoms with Crippen LogP contribution in [0, 0.1) is 6.92 Å². The van der Waals surface area contributed by atoms with Gasteiger partial charge in [-0.1, -0.05) is 32.3 Å². The molecule has 3 heteroatoms. The molecule has 0 aromatic carbocycles. The molecule has 0 bridgehead atoms. The second kappa shape index (κ2) is 6.45. The van der Waals surface area contributed by atoms with E-state index < -0.39 is 0 Å². The third kappa shape index (κ3) is 3.29. The van der Waals surface area contributed by atoms with Gasteiger partial charge in [-0.3, -0.25) is 9.88 Å². The number of nitrogens with zero attached hydrogens (tertiary/aromatic N) is 2. The molecule has 1 aliphatic carbocycles. The van der Waals surface area contributed by atoms with E-state index in [2.05, 4.69) is 42.3 Å². The molecule has 1 saturated heterocycles. The highest BCUT2D eigenvalue weighted by atomic mass is 15.3. The molecule has 0 amide bonds. The Hall–Kier alpha value is -0.930. The lowest BCUT2D eigenvalue weighted by atomic mass is 9.89. The predicted octanol–water partition coefficient (Wildman–Crippen LogP) is 3.28. The Morgan fingerprint density at radius 2 is 2.14 bits per heavy atom. The van der Waals surface area contributed by atoms with Crippen molar-refractivity contribution in [3.63, 3.8) is 0 Å². The van der Waals surface area contributed by atoms with Crippen LogP contribution in [-0.4, -0.2) is 34.6 Å². The van der Waals surface area contributed by atoms with Gasteiger partial charge in [-0.2, -0.15) is 0 Å². The molecule has 1 saturated carbocycles. The number of pyridine rings is 1. The first-order valence-corrected chi connectivity index (χ1v) is 8.63. The summed E-state index contributed by atoms with van der Waals surface area (Å²) in [5.41, 5.74) is 2.77. The molecule has 3 rings (SSSR count). The Labute approximate surface area is 129 Å². The summed E-state index contributed by atoms with van der Waals surface area (Å²) >= 11 is 0. The molecule has 21 heavy (non-hydrogen) atoms. The van der Waals surface area contributed by atoms with E-state index in [1.54, 1.807) is 0 Å². The van der Waals surface area contributed by atoms with E-state index >= 15 is 0 Å². The van der Waals surface area contributed by atoms with Gasteiger partial charge in [0.15, 0.2) is 0 Å². The van der Waals surface area contributed by atoms with Gasteiger partial charge in [0.2, 0.25) is 0 Å². The van der Waals surface area contributed by atoms with Gasteiger partial charge in [-0.15, -0.1) is 0 Å². The van der Waals surface area contributed by atoms with Crippen LogP contribution in [0.3, 0.4) is 0 Å². The molecule has 116 valence electrons. The second-order valence-corrected chi connectivity index (χ2v) is 6.95. The SMILES string of the molecule is CCCC1CN(Cc2cccc(C)n2)C2(CCCC2)CN1. The maximum Gasteiger partial charge on any atom is 0.0547 e. The fraction of sp³-hybridized carbons (Fsp3) is 0.722. The van der Waals surface area contributed by atoms with Crippen LogP contribution in [0.5, 0.6) is 0 Å². The summed E-state index contributed by atoms with van der Waals surface area (Å²) in [6, 6.07) is 7.08. The zero-order valence-corrected chi connectivity index (χ0v) is 13.6. The lowest BCUT2D eigenvalue weighted by Gasteiger charge is -2.48. The smallest absolute Gasteiger partial charge is 0.0547 e. The third-order valence-electron chi connectivity index (χ3n) is 5.30. The molecule has 1 N–H and O–H groups in total. The van der Waals surface area contributed by atoms with Crippen molar-refractivity contribution in [2.24, 2.45) is 0 Å². The fourth-order valence-corrected chi connectivity index (χ4v) is 4.15. The molecule has 1 atom stereocenters. The average Bonchev–Trinajstić information content (AvgIpc) is 2.93. The molecule has 2 heterocycles. The highest BCUT2D eigenvalue weighted by Crippen LogP contribution is 2.38. The number of hydrogen-bond acceptors (Lipinski definition) is 3. The lowest BCUT2D eigenvalue weighted by molar-refractivity contribution is 0.0327. The Kier molecular flexibility index (Phi) is 4.60. The minimum absolute atomic E-state index is 0.398. The second-order valence-electron chi connectivity index (χ2n) is 6.95. The van der Waals surface area contributed by atoms with Crippen LogP contribution >= 0.6 is 0 Å². The maximum absolute atomic E-state index is 4.73. The van der Waals surface area contributed by atoms with E-state index in [-0.39, 0.29) is 0 Å². The molecule has 1 spiro atoms. The maximum atomic E-state index is 4.73. The zero-order chi connectivity index (χ0) is 14.7. The van der Waals surface area contributed by atoms with E-state index in [0.717, 1.165) is 12.2 Å². The van der Waals surface area contributed by atoms with Gasteiger partial charge in [0.25, 0.3) is 0 Å². The molecule has 1 aromatic heterocycles. The zero-order valence-electron chi connectivity index (χ0n) is 13.6. The highest BCUT2D eigenvalue weighted by molar-refractivity contribution is 5.12. The number of nitrogens with one attached hydrogen (secondary N) is 1. The van der Waals surface area contributed by atoms with Crippen LogP contribution in [0.25, 0.3) is 0 Å². The van der Waals surface area contributed by atoms with Crippen molar-refractivity contribution in [2.75, 3.05) is 13.1 Å². The Bertz CT molecular complexity index is 465. The summed E-state index contributed by atoms with van der Waals surface area (Å²) in [6.07, 6.45) is 8.03. The molecule has 2 fully saturated rings. The van der Waals surface area contributed by atoms with Crippen LogP contribution in [0.1, 0.15) is 56.8 Å². The highest BCUT2D eigenvalue weighted by Gasteiger charge is 2.43. The van der Waals surface area contributed by atoms with Crippen LogP contribution in [0.2, 0.25) is 0 Å². The van der Waals surface area contributed by atoms with Gasteiger partial charge in [0, 0.05) is 36.9 Å². The third-order valence-corrected chi connectivity index (χ3v) is 5.30. The van der Waals surface area contributed by atoms with Gasteiger partial charge in [-0.25, -0.2) is 0 Å². The summed E-state index contributed by atoms with van der Waals surface area (Å²) in [5, 5.41) is 3.82. The quantitative estimate of drug-likeness (QED) is 0.921. The molecule has 1 aromatic rings. The molecule has 0 radical (unpaired) electrons. The number of aromatic nitrogens is 1. The molecule has 1 aliphatic heterocycles. The summed E-state index contributed by atoms with van der Waals surface area (Å²) < 4.78 is 0. The van der Waals surface area contributed by atoms with Gasteiger partial charge in [0.05, 0.1) is 5.69 Å². The number of aryl methyl sites for hydroxylation is 1. The summed E-state index contributed by atoms with van der Waals surface area (Å²) in [4.78, 5) is 7.48. The first kappa shape index (κ1) is 15.0. The number of piperazine rings is 1. The topological polar surface area (TPSA) is 28.2 Å². The van der Waals surface area contributed by atoms with Gasteiger partial charge >= 0.3 is 0 Å². The molecular formula is C18H29N3. The lowest BCUT2D eigenvalue weighted by Crippen LogP contribution is -2.63. The van der Waals surface area contributed by atoms with E-state index in [9.17, 15) is 0 Å². The van der Waals surface area contributed by atoms with Crippen LogP contribution in [0.15, 0.2) is 18.2 Å². The van der Waals surface area contributed by atoms with Gasteiger partial charge in [0.1, 0.15) is 0 Å². The summed E-state index contributed by atoms with van der Waals surface area (Å²) in [7, 11) is 0. The van der Waals surface area contributed by atoms with E-state index in [1.807, 2.05) is 0 Å². The molecular weight excluding hydrogens is 258 g/mol. The van der Waals surface area contributed by atoms with Gasteiger partial charge < -0.3 is 5.32 Å². The minimum Gasteiger partial charge on any atom is -0.311 e. The average molecular weight is 287 g/mol. The molecule has 2 aliphatic rings.